The summed E-state index contributed by atoms with van der Waals surface area (Å²) in [6, 6.07) is 4.27. The number of rotatable bonds is 5. The highest BCUT2D eigenvalue weighted by atomic mass is 32.2. The molecule has 1 atom stereocenters. The second kappa shape index (κ2) is 8.87. The number of aliphatic hydroxyl groups is 1. The Balaban J connectivity index is 1.93. The van der Waals surface area contributed by atoms with E-state index in [0.29, 0.717) is 12.1 Å². The number of carbonyl (C=O) groups is 1. The van der Waals surface area contributed by atoms with Gasteiger partial charge in [0.05, 0.1) is 30.6 Å². The van der Waals surface area contributed by atoms with E-state index in [1.807, 2.05) is 6.92 Å². The van der Waals surface area contributed by atoms with E-state index >= 15 is 0 Å². The molecule has 4 N–H and O–H groups in total. The molecular weight excluding hydrogens is 433 g/mol. The highest BCUT2D eigenvalue weighted by Gasteiger charge is 2.36. The van der Waals surface area contributed by atoms with Crippen LogP contribution in [0.1, 0.15) is 50.2 Å². The summed E-state index contributed by atoms with van der Waals surface area (Å²) >= 11 is 1.27. The van der Waals surface area contributed by atoms with E-state index in [2.05, 4.69) is 20.3 Å². The molecule has 3 rings (SSSR count). The Kier molecular flexibility index (Phi) is 6.56. The Bertz CT molecular complexity index is 1100. The molecule has 1 amide bonds. The van der Waals surface area contributed by atoms with Crippen molar-refractivity contribution >= 4 is 28.5 Å². The first-order chi connectivity index (χ1) is 14.9. The fraction of sp³-hybridized carbons (Fsp3) is 0.364. The predicted octanol–water partition coefficient (Wildman–Crippen LogP) is 3.59. The van der Waals surface area contributed by atoms with Gasteiger partial charge in [0.1, 0.15) is 11.5 Å². The summed E-state index contributed by atoms with van der Waals surface area (Å²) in [5.41, 5.74) is 5.50. The van der Waals surface area contributed by atoms with Crippen LogP contribution in [0.3, 0.4) is 0 Å². The van der Waals surface area contributed by atoms with Crippen LogP contribution in [-0.4, -0.2) is 38.9 Å². The van der Waals surface area contributed by atoms with Crippen molar-refractivity contribution in [3.05, 3.63) is 58.1 Å². The van der Waals surface area contributed by atoms with Crippen molar-refractivity contribution in [1.29, 1.82) is 0 Å². The molecule has 0 unspecified atom stereocenters. The SMILES string of the molecule is COc1cnc(C(=O)Nc2ccc(F)c([C@]3(C)C/C(=C(\C)C(C)(C)O)SC(N)=N3)c2)cn1. The number of amides is 1. The fourth-order valence-electron chi connectivity index (χ4n) is 3.24. The van der Waals surface area contributed by atoms with Crippen molar-refractivity contribution in [2.75, 3.05) is 12.4 Å². The van der Waals surface area contributed by atoms with Crippen LogP contribution in [0.15, 0.2) is 46.1 Å². The fourth-order valence-corrected chi connectivity index (χ4v) is 4.49. The molecule has 0 bridgehead atoms. The van der Waals surface area contributed by atoms with Crippen LogP contribution < -0.4 is 15.8 Å². The molecular formula is C22H26FN5O3S. The van der Waals surface area contributed by atoms with Crippen molar-refractivity contribution in [1.82, 2.24) is 9.97 Å². The van der Waals surface area contributed by atoms with Crippen LogP contribution in [-0.2, 0) is 5.54 Å². The van der Waals surface area contributed by atoms with Gasteiger partial charge in [-0.3, -0.25) is 9.79 Å². The van der Waals surface area contributed by atoms with Crippen LogP contribution >= 0.6 is 11.8 Å². The second-order valence-corrected chi connectivity index (χ2v) is 9.32. The van der Waals surface area contributed by atoms with Crippen molar-refractivity contribution in [2.24, 2.45) is 10.7 Å². The van der Waals surface area contributed by atoms with Gasteiger partial charge in [0.2, 0.25) is 5.88 Å². The van der Waals surface area contributed by atoms with E-state index in [1.165, 1.54) is 49.5 Å². The number of anilines is 1. The maximum atomic E-state index is 14.9. The van der Waals surface area contributed by atoms with Crippen LogP contribution in [0.4, 0.5) is 10.1 Å². The maximum Gasteiger partial charge on any atom is 0.275 e. The number of nitrogens with zero attached hydrogens (tertiary/aromatic N) is 3. The molecule has 170 valence electrons. The molecule has 1 aliphatic rings. The molecule has 0 saturated heterocycles. The number of hydrogen-bond donors (Lipinski definition) is 3. The minimum absolute atomic E-state index is 0.0882. The number of methoxy groups -OCH3 is 1. The summed E-state index contributed by atoms with van der Waals surface area (Å²) in [6.07, 6.45) is 2.98. The van der Waals surface area contributed by atoms with Crippen molar-refractivity contribution in [3.8, 4) is 5.88 Å². The quantitative estimate of drug-likeness (QED) is 0.624. The van der Waals surface area contributed by atoms with E-state index in [-0.39, 0.29) is 22.3 Å². The van der Waals surface area contributed by atoms with Gasteiger partial charge in [0, 0.05) is 17.7 Å². The van der Waals surface area contributed by atoms with E-state index in [0.717, 1.165) is 10.5 Å². The molecule has 1 aromatic carbocycles. The predicted molar refractivity (Wildman–Crippen MR) is 123 cm³/mol. The average Bonchev–Trinajstić information content (AvgIpc) is 2.73. The lowest BCUT2D eigenvalue weighted by atomic mass is 9.86. The molecule has 0 aliphatic carbocycles. The largest absolute Gasteiger partial charge is 0.480 e. The van der Waals surface area contributed by atoms with Crippen LogP contribution in [0, 0.1) is 5.82 Å². The summed E-state index contributed by atoms with van der Waals surface area (Å²) in [4.78, 5) is 25.8. The highest BCUT2D eigenvalue weighted by molar-refractivity contribution is 8.17. The number of amidine groups is 1. The van der Waals surface area contributed by atoms with Gasteiger partial charge < -0.3 is 20.9 Å². The molecule has 32 heavy (non-hydrogen) atoms. The number of hydrogen-bond acceptors (Lipinski definition) is 8. The number of ether oxygens (including phenoxy) is 1. The first-order valence-electron chi connectivity index (χ1n) is 9.86. The molecule has 0 saturated carbocycles. The minimum atomic E-state index is -1.05. The Morgan fingerprint density at radius 2 is 2.06 bits per heavy atom. The molecule has 10 heteroatoms. The molecule has 0 spiro atoms. The number of halogens is 1. The second-order valence-electron chi connectivity index (χ2n) is 8.20. The summed E-state index contributed by atoms with van der Waals surface area (Å²) in [7, 11) is 1.45. The lowest BCUT2D eigenvalue weighted by Gasteiger charge is -2.34. The number of carbonyl (C=O) groups excluding carboxylic acids is 1. The zero-order valence-corrected chi connectivity index (χ0v) is 19.4. The van der Waals surface area contributed by atoms with E-state index < -0.39 is 22.9 Å². The van der Waals surface area contributed by atoms with Crippen LogP contribution in [0.5, 0.6) is 5.88 Å². The van der Waals surface area contributed by atoms with E-state index in [1.54, 1.807) is 20.8 Å². The molecule has 0 fully saturated rings. The molecule has 2 aromatic rings. The van der Waals surface area contributed by atoms with Gasteiger partial charge in [0.15, 0.2) is 5.17 Å². The standard InChI is InChI=1S/C22H26FN5O3S/c1-12(21(2,3)30)17-9-22(4,28-20(24)32-17)14-8-13(6-7-15(14)23)27-19(29)16-10-26-18(31-5)11-25-16/h6-8,10-11,30H,9H2,1-5H3,(H2,24,28)(H,27,29)/b17-12-/t22-/m0/s1. The first kappa shape index (κ1) is 23.7. The maximum absolute atomic E-state index is 14.9. The zero-order valence-electron chi connectivity index (χ0n) is 18.6. The summed E-state index contributed by atoms with van der Waals surface area (Å²) in [6.45, 7) is 6.97. The Morgan fingerprint density at radius 3 is 2.66 bits per heavy atom. The van der Waals surface area contributed by atoms with Crippen LogP contribution in [0.2, 0.25) is 0 Å². The highest BCUT2D eigenvalue weighted by Crippen LogP contribution is 2.45. The third-order valence-corrected chi connectivity index (χ3v) is 6.30. The van der Waals surface area contributed by atoms with Gasteiger partial charge in [0.25, 0.3) is 5.91 Å². The van der Waals surface area contributed by atoms with Crippen LogP contribution in [0.25, 0.3) is 0 Å². The smallest absolute Gasteiger partial charge is 0.275 e. The minimum Gasteiger partial charge on any atom is -0.480 e. The van der Waals surface area contributed by atoms with Gasteiger partial charge >= 0.3 is 0 Å². The topological polar surface area (TPSA) is 123 Å². The third-order valence-electron chi connectivity index (χ3n) is 5.30. The van der Waals surface area contributed by atoms with Gasteiger partial charge in [-0.15, -0.1) is 0 Å². The monoisotopic (exact) mass is 459 g/mol. The molecule has 0 radical (unpaired) electrons. The number of benzene rings is 1. The normalized spacial score (nSPS) is 20.4. The van der Waals surface area contributed by atoms with Gasteiger partial charge in [-0.05, 0) is 56.4 Å². The number of thioether (sulfide) groups is 1. The summed E-state index contributed by atoms with van der Waals surface area (Å²) in [5, 5.41) is 13.4. The Labute approximate surface area is 190 Å². The lowest BCUT2D eigenvalue weighted by Crippen LogP contribution is -2.31. The number of aromatic nitrogens is 2. The third kappa shape index (κ3) is 5.08. The Hall–Kier alpha value is -2.98. The van der Waals surface area contributed by atoms with Crippen molar-refractivity contribution in [3.63, 3.8) is 0 Å². The van der Waals surface area contributed by atoms with Gasteiger partial charge in [-0.25, -0.2) is 14.4 Å². The average molecular weight is 460 g/mol. The number of nitrogens with one attached hydrogen (secondary N) is 1. The first-order valence-corrected chi connectivity index (χ1v) is 10.7. The molecule has 2 heterocycles. The Morgan fingerprint density at radius 1 is 1.34 bits per heavy atom. The summed E-state index contributed by atoms with van der Waals surface area (Å²) < 4.78 is 19.8. The van der Waals surface area contributed by atoms with Crippen molar-refractivity contribution in [2.45, 2.75) is 45.3 Å². The molecule has 8 nitrogen and oxygen atoms in total. The number of aliphatic imine (C=N–C) groups is 1. The van der Waals surface area contributed by atoms with E-state index in [4.69, 9.17) is 10.5 Å². The zero-order chi connectivity index (χ0) is 23.7. The van der Waals surface area contributed by atoms with E-state index in [9.17, 15) is 14.3 Å². The van der Waals surface area contributed by atoms with Gasteiger partial charge in [-0.1, -0.05) is 11.8 Å². The van der Waals surface area contributed by atoms with Crippen molar-refractivity contribution < 1.29 is 19.0 Å². The summed E-state index contributed by atoms with van der Waals surface area (Å²) in [5.74, 6) is -0.684. The molecule has 1 aliphatic heterocycles. The molecule has 1 aromatic heterocycles. The number of nitrogens with two attached hydrogens (primary N) is 1. The lowest BCUT2D eigenvalue weighted by molar-refractivity contribution is 0.102. The van der Waals surface area contributed by atoms with Gasteiger partial charge in [-0.2, -0.15) is 0 Å².